The molecular weight excluding hydrogens is 244 g/mol. The quantitative estimate of drug-likeness (QED) is 0.480. The van der Waals surface area contributed by atoms with Gasteiger partial charge in [-0.2, -0.15) is 0 Å². The molecule has 0 fully saturated rings. The van der Waals surface area contributed by atoms with Gasteiger partial charge >= 0.3 is 0 Å². The first-order valence-corrected chi connectivity index (χ1v) is 5.61. The number of benzene rings is 1. The van der Waals surface area contributed by atoms with Crippen LogP contribution in [0.2, 0.25) is 0 Å². The third kappa shape index (κ3) is 1.94. The summed E-state index contributed by atoms with van der Waals surface area (Å²) >= 11 is 0. The first kappa shape index (κ1) is 11.4. The lowest BCUT2D eigenvalue weighted by molar-refractivity contribution is 0.0706. The van der Waals surface area contributed by atoms with Gasteiger partial charge < -0.3 is 4.98 Å². The molecule has 0 bridgehead atoms. The molecule has 19 heavy (non-hydrogen) atoms. The molecule has 6 heteroatoms. The average Bonchev–Trinajstić information content (AvgIpc) is 2.90. The number of hydrogen-bond donors (Lipinski definition) is 3. The molecule has 0 spiro atoms. The zero-order valence-corrected chi connectivity index (χ0v) is 9.79. The van der Waals surface area contributed by atoms with Gasteiger partial charge in [0.25, 0.3) is 5.91 Å². The van der Waals surface area contributed by atoms with Gasteiger partial charge in [0.05, 0.1) is 0 Å². The molecule has 94 valence electrons. The van der Waals surface area contributed by atoms with E-state index in [9.17, 15) is 4.79 Å². The molecule has 3 aromatic rings. The number of rotatable bonds is 2. The van der Waals surface area contributed by atoms with Gasteiger partial charge in [-0.3, -0.25) is 10.0 Å². The smallest absolute Gasteiger partial charge is 0.274 e. The Labute approximate surface area is 108 Å². The van der Waals surface area contributed by atoms with Crippen LogP contribution in [0.25, 0.3) is 22.2 Å². The highest BCUT2D eigenvalue weighted by Gasteiger charge is 2.08. The zero-order chi connectivity index (χ0) is 13.2. The van der Waals surface area contributed by atoms with Crippen molar-refractivity contribution in [1.29, 1.82) is 0 Å². The van der Waals surface area contributed by atoms with Crippen LogP contribution in [-0.4, -0.2) is 26.1 Å². The van der Waals surface area contributed by atoms with Crippen molar-refractivity contribution in [2.75, 3.05) is 0 Å². The van der Waals surface area contributed by atoms with Crippen LogP contribution in [0.15, 0.2) is 43.0 Å². The third-order valence-corrected chi connectivity index (χ3v) is 2.92. The number of hydroxylamine groups is 1. The van der Waals surface area contributed by atoms with Crippen molar-refractivity contribution in [3.63, 3.8) is 0 Å². The molecule has 0 radical (unpaired) electrons. The van der Waals surface area contributed by atoms with Gasteiger partial charge in [0.15, 0.2) is 0 Å². The van der Waals surface area contributed by atoms with Gasteiger partial charge in [-0.05, 0) is 17.7 Å². The first-order chi connectivity index (χ1) is 9.29. The molecule has 1 aromatic carbocycles. The van der Waals surface area contributed by atoms with E-state index in [0.29, 0.717) is 5.56 Å². The molecular formula is C13H10N4O2. The number of aromatic amines is 1. The minimum absolute atomic E-state index is 0.391. The summed E-state index contributed by atoms with van der Waals surface area (Å²) in [6.07, 6.45) is 5.07. The summed E-state index contributed by atoms with van der Waals surface area (Å²) in [6.45, 7) is 0. The first-order valence-electron chi connectivity index (χ1n) is 5.61. The van der Waals surface area contributed by atoms with Crippen molar-refractivity contribution in [2.45, 2.75) is 0 Å². The van der Waals surface area contributed by atoms with Crippen LogP contribution in [-0.2, 0) is 0 Å². The molecule has 0 unspecified atom stereocenters. The minimum Gasteiger partial charge on any atom is -0.345 e. The Morgan fingerprint density at radius 3 is 2.79 bits per heavy atom. The lowest BCUT2D eigenvalue weighted by Gasteiger charge is -2.02. The van der Waals surface area contributed by atoms with Gasteiger partial charge in [-0.1, -0.05) is 12.1 Å². The lowest BCUT2D eigenvalue weighted by atomic mass is 10.0. The Morgan fingerprint density at radius 2 is 2.05 bits per heavy atom. The number of carbonyl (C=O) groups is 1. The van der Waals surface area contributed by atoms with Crippen LogP contribution in [0.5, 0.6) is 0 Å². The Bertz CT molecular complexity index is 734. The number of hydrogen-bond acceptors (Lipinski definition) is 4. The largest absolute Gasteiger partial charge is 0.345 e. The number of amides is 1. The van der Waals surface area contributed by atoms with Crippen LogP contribution in [0, 0.1) is 0 Å². The van der Waals surface area contributed by atoms with Crippen LogP contribution in [0.4, 0.5) is 0 Å². The number of aromatic nitrogens is 3. The van der Waals surface area contributed by atoms with Crippen molar-refractivity contribution < 1.29 is 10.0 Å². The predicted octanol–water partition coefficient (Wildman–Crippen LogP) is 1.74. The standard InChI is InChI=1S/C13H10N4O2/c18-13(17-19)9-3-1-8(2-4-9)10-6-15-12-11(10)5-14-7-16-12/h1-7,19H,(H,17,18)(H,14,15,16). The fraction of sp³-hybridized carbons (Fsp3) is 0. The van der Waals surface area contributed by atoms with E-state index >= 15 is 0 Å². The lowest BCUT2D eigenvalue weighted by Crippen LogP contribution is -2.18. The van der Waals surface area contributed by atoms with Gasteiger partial charge in [0, 0.05) is 28.9 Å². The van der Waals surface area contributed by atoms with Gasteiger partial charge in [0.2, 0.25) is 0 Å². The molecule has 0 aliphatic heterocycles. The Kier molecular flexibility index (Phi) is 2.70. The summed E-state index contributed by atoms with van der Waals surface area (Å²) in [5, 5.41) is 9.48. The average molecular weight is 254 g/mol. The maximum Gasteiger partial charge on any atom is 0.274 e. The second-order valence-corrected chi connectivity index (χ2v) is 4.01. The summed E-state index contributed by atoms with van der Waals surface area (Å²) in [5.41, 5.74) is 4.66. The Hall–Kier alpha value is -2.73. The minimum atomic E-state index is -0.534. The SMILES string of the molecule is O=C(NO)c1ccc(-c2c[nH]c3ncncc23)cc1. The molecule has 0 saturated carbocycles. The second-order valence-electron chi connectivity index (χ2n) is 4.01. The molecule has 0 aliphatic rings. The van der Waals surface area contributed by atoms with E-state index in [1.807, 2.05) is 6.20 Å². The van der Waals surface area contributed by atoms with Gasteiger partial charge in [-0.15, -0.1) is 0 Å². The summed E-state index contributed by atoms with van der Waals surface area (Å²) in [5.74, 6) is -0.534. The van der Waals surface area contributed by atoms with Crippen LogP contribution < -0.4 is 5.48 Å². The van der Waals surface area contributed by atoms with E-state index in [2.05, 4.69) is 15.0 Å². The van der Waals surface area contributed by atoms with Gasteiger partial charge in [-0.25, -0.2) is 15.4 Å². The van der Waals surface area contributed by atoms with Crippen molar-refractivity contribution in [3.05, 3.63) is 48.5 Å². The fourth-order valence-corrected chi connectivity index (χ4v) is 1.96. The molecule has 2 heterocycles. The Balaban J connectivity index is 2.05. The molecule has 0 aliphatic carbocycles. The van der Waals surface area contributed by atoms with Crippen molar-refractivity contribution >= 4 is 16.9 Å². The molecule has 6 nitrogen and oxygen atoms in total. The molecule has 2 aromatic heterocycles. The summed E-state index contributed by atoms with van der Waals surface area (Å²) in [4.78, 5) is 22.4. The molecule has 0 atom stereocenters. The van der Waals surface area contributed by atoms with E-state index in [0.717, 1.165) is 22.2 Å². The number of carbonyl (C=O) groups excluding carboxylic acids is 1. The van der Waals surface area contributed by atoms with E-state index in [1.165, 1.54) is 6.33 Å². The molecule has 3 N–H and O–H groups in total. The number of nitrogens with zero attached hydrogens (tertiary/aromatic N) is 2. The third-order valence-electron chi connectivity index (χ3n) is 2.92. The number of nitrogens with one attached hydrogen (secondary N) is 2. The van der Waals surface area contributed by atoms with E-state index in [4.69, 9.17) is 5.21 Å². The summed E-state index contributed by atoms with van der Waals surface area (Å²) in [6, 6.07) is 6.90. The maximum absolute atomic E-state index is 11.2. The zero-order valence-electron chi connectivity index (χ0n) is 9.79. The van der Waals surface area contributed by atoms with Crippen LogP contribution in [0.3, 0.4) is 0 Å². The second kappa shape index (κ2) is 4.51. The Morgan fingerprint density at radius 1 is 1.26 bits per heavy atom. The predicted molar refractivity (Wildman–Crippen MR) is 68.6 cm³/mol. The monoisotopic (exact) mass is 254 g/mol. The highest BCUT2D eigenvalue weighted by Crippen LogP contribution is 2.26. The number of fused-ring (bicyclic) bond motifs is 1. The molecule has 1 amide bonds. The topological polar surface area (TPSA) is 90.9 Å². The summed E-state index contributed by atoms with van der Waals surface area (Å²) in [7, 11) is 0. The van der Waals surface area contributed by atoms with Gasteiger partial charge in [0.1, 0.15) is 12.0 Å². The normalized spacial score (nSPS) is 10.6. The number of H-pyrrole nitrogens is 1. The van der Waals surface area contributed by atoms with E-state index in [1.54, 1.807) is 35.9 Å². The fourth-order valence-electron chi connectivity index (χ4n) is 1.96. The van der Waals surface area contributed by atoms with Crippen LogP contribution in [0.1, 0.15) is 10.4 Å². The highest BCUT2D eigenvalue weighted by atomic mass is 16.5. The highest BCUT2D eigenvalue weighted by molar-refractivity contribution is 5.96. The molecule has 0 saturated heterocycles. The summed E-state index contributed by atoms with van der Waals surface area (Å²) < 4.78 is 0. The maximum atomic E-state index is 11.2. The van der Waals surface area contributed by atoms with Crippen molar-refractivity contribution in [2.24, 2.45) is 0 Å². The van der Waals surface area contributed by atoms with E-state index in [-0.39, 0.29) is 0 Å². The van der Waals surface area contributed by atoms with Crippen molar-refractivity contribution in [3.8, 4) is 11.1 Å². The molecule has 3 rings (SSSR count). The van der Waals surface area contributed by atoms with E-state index < -0.39 is 5.91 Å². The van der Waals surface area contributed by atoms with Crippen molar-refractivity contribution in [1.82, 2.24) is 20.4 Å². The van der Waals surface area contributed by atoms with Crippen LogP contribution >= 0.6 is 0 Å².